The molecule has 96 valence electrons. The van der Waals surface area contributed by atoms with Crippen LogP contribution in [0.4, 0.5) is 0 Å². The molecule has 0 bridgehead atoms. The Bertz CT molecular complexity index is 730. The van der Waals surface area contributed by atoms with Gasteiger partial charge in [0.2, 0.25) is 0 Å². The SMILES string of the molecule is CC(N)c1ccc(-c2ccc3cc(Br)ccc3c2)s1. The van der Waals surface area contributed by atoms with E-state index in [-0.39, 0.29) is 6.04 Å². The van der Waals surface area contributed by atoms with Crippen molar-refractivity contribution in [2.75, 3.05) is 0 Å². The molecule has 3 aromatic rings. The Morgan fingerprint density at radius 1 is 1.00 bits per heavy atom. The molecule has 0 saturated heterocycles. The predicted octanol–water partition coefficient (Wildman–Crippen LogP) is 5.35. The van der Waals surface area contributed by atoms with Crippen LogP contribution in [0, 0.1) is 0 Å². The van der Waals surface area contributed by atoms with Crippen molar-refractivity contribution in [3.05, 3.63) is 57.9 Å². The molecule has 1 atom stereocenters. The Labute approximate surface area is 125 Å². The van der Waals surface area contributed by atoms with Crippen LogP contribution in [0.15, 0.2) is 53.0 Å². The van der Waals surface area contributed by atoms with Gasteiger partial charge in [-0.3, -0.25) is 0 Å². The molecule has 0 saturated carbocycles. The van der Waals surface area contributed by atoms with Crippen molar-refractivity contribution in [2.45, 2.75) is 13.0 Å². The third kappa shape index (κ3) is 2.59. The van der Waals surface area contributed by atoms with Crippen LogP contribution in [0.3, 0.4) is 0 Å². The largest absolute Gasteiger partial charge is 0.324 e. The number of benzene rings is 2. The molecular formula is C16H14BrNS. The van der Waals surface area contributed by atoms with Gasteiger partial charge in [0.05, 0.1) is 0 Å². The summed E-state index contributed by atoms with van der Waals surface area (Å²) in [7, 11) is 0. The molecule has 0 spiro atoms. The van der Waals surface area contributed by atoms with Gasteiger partial charge < -0.3 is 5.73 Å². The zero-order valence-corrected chi connectivity index (χ0v) is 13.0. The lowest BCUT2D eigenvalue weighted by molar-refractivity contribution is 0.838. The van der Waals surface area contributed by atoms with E-state index in [1.165, 1.54) is 26.1 Å². The monoisotopic (exact) mass is 331 g/mol. The number of halogens is 1. The molecule has 2 aromatic carbocycles. The number of thiophene rings is 1. The fourth-order valence-electron chi connectivity index (χ4n) is 2.12. The summed E-state index contributed by atoms with van der Waals surface area (Å²) in [4.78, 5) is 2.50. The average Bonchev–Trinajstić information content (AvgIpc) is 2.88. The molecule has 3 heteroatoms. The maximum Gasteiger partial charge on any atom is 0.0361 e. The number of rotatable bonds is 2. The summed E-state index contributed by atoms with van der Waals surface area (Å²) in [5, 5.41) is 2.51. The van der Waals surface area contributed by atoms with Gasteiger partial charge in [-0.25, -0.2) is 0 Å². The van der Waals surface area contributed by atoms with Crippen LogP contribution in [0.2, 0.25) is 0 Å². The summed E-state index contributed by atoms with van der Waals surface area (Å²) in [6.45, 7) is 2.02. The summed E-state index contributed by atoms with van der Waals surface area (Å²) in [5.41, 5.74) is 7.17. The first-order valence-corrected chi connectivity index (χ1v) is 7.79. The van der Waals surface area contributed by atoms with Crippen molar-refractivity contribution in [3.63, 3.8) is 0 Å². The molecule has 0 fully saturated rings. The highest BCUT2D eigenvalue weighted by molar-refractivity contribution is 9.10. The molecule has 0 aliphatic rings. The number of hydrogen-bond acceptors (Lipinski definition) is 2. The third-order valence-electron chi connectivity index (χ3n) is 3.16. The normalized spacial score (nSPS) is 12.8. The average molecular weight is 332 g/mol. The van der Waals surface area contributed by atoms with E-state index in [2.05, 4.69) is 64.5 Å². The van der Waals surface area contributed by atoms with Gasteiger partial charge in [0.1, 0.15) is 0 Å². The maximum absolute atomic E-state index is 5.92. The minimum atomic E-state index is 0.107. The molecule has 0 aliphatic carbocycles. The van der Waals surface area contributed by atoms with E-state index >= 15 is 0 Å². The summed E-state index contributed by atoms with van der Waals surface area (Å²) >= 11 is 5.27. The van der Waals surface area contributed by atoms with Gasteiger partial charge in [0.25, 0.3) is 0 Å². The number of hydrogen-bond donors (Lipinski definition) is 1. The molecule has 0 radical (unpaired) electrons. The molecule has 0 amide bonds. The summed E-state index contributed by atoms with van der Waals surface area (Å²) in [5.74, 6) is 0. The molecular weight excluding hydrogens is 318 g/mol. The Balaban J connectivity index is 2.07. The van der Waals surface area contributed by atoms with Gasteiger partial charge in [-0.15, -0.1) is 11.3 Å². The smallest absolute Gasteiger partial charge is 0.0361 e. The first-order valence-electron chi connectivity index (χ1n) is 6.18. The van der Waals surface area contributed by atoms with Gasteiger partial charge in [0.15, 0.2) is 0 Å². The topological polar surface area (TPSA) is 26.0 Å². The number of fused-ring (bicyclic) bond motifs is 1. The van der Waals surface area contributed by atoms with Crippen LogP contribution in [-0.2, 0) is 0 Å². The van der Waals surface area contributed by atoms with E-state index in [1.807, 2.05) is 6.92 Å². The van der Waals surface area contributed by atoms with E-state index in [1.54, 1.807) is 11.3 Å². The lowest BCUT2D eigenvalue weighted by Crippen LogP contribution is -2.01. The van der Waals surface area contributed by atoms with Gasteiger partial charge >= 0.3 is 0 Å². The van der Waals surface area contributed by atoms with Crippen molar-refractivity contribution in [1.29, 1.82) is 0 Å². The van der Waals surface area contributed by atoms with Gasteiger partial charge in [-0.1, -0.05) is 34.1 Å². The van der Waals surface area contributed by atoms with E-state index in [0.717, 1.165) is 4.47 Å². The van der Waals surface area contributed by atoms with Crippen molar-refractivity contribution in [1.82, 2.24) is 0 Å². The van der Waals surface area contributed by atoms with Crippen molar-refractivity contribution in [2.24, 2.45) is 5.73 Å². The molecule has 19 heavy (non-hydrogen) atoms. The fraction of sp³-hybridized carbons (Fsp3) is 0.125. The summed E-state index contributed by atoms with van der Waals surface area (Å²) in [6, 6.07) is 17.3. The molecule has 1 aromatic heterocycles. The zero-order chi connectivity index (χ0) is 13.4. The number of nitrogens with two attached hydrogens (primary N) is 1. The van der Waals surface area contributed by atoms with E-state index in [0.29, 0.717) is 0 Å². The van der Waals surface area contributed by atoms with Crippen LogP contribution >= 0.6 is 27.3 Å². The summed E-state index contributed by atoms with van der Waals surface area (Å²) in [6.07, 6.45) is 0. The van der Waals surface area contributed by atoms with Gasteiger partial charge in [-0.05, 0) is 53.6 Å². The van der Waals surface area contributed by atoms with Crippen LogP contribution in [-0.4, -0.2) is 0 Å². The van der Waals surface area contributed by atoms with Crippen LogP contribution < -0.4 is 5.73 Å². The summed E-state index contributed by atoms with van der Waals surface area (Å²) < 4.78 is 1.11. The molecule has 1 unspecified atom stereocenters. The molecule has 2 N–H and O–H groups in total. The molecule has 3 rings (SSSR count). The molecule has 0 aliphatic heterocycles. The van der Waals surface area contributed by atoms with Crippen LogP contribution in [0.1, 0.15) is 17.8 Å². The lowest BCUT2D eigenvalue weighted by atomic mass is 10.1. The Morgan fingerprint density at radius 3 is 2.47 bits per heavy atom. The lowest BCUT2D eigenvalue weighted by Gasteiger charge is -2.03. The van der Waals surface area contributed by atoms with Crippen molar-refractivity contribution >= 4 is 38.0 Å². The second-order valence-electron chi connectivity index (χ2n) is 4.70. The van der Waals surface area contributed by atoms with E-state index in [9.17, 15) is 0 Å². The van der Waals surface area contributed by atoms with Crippen LogP contribution in [0.25, 0.3) is 21.2 Å². The Kier molecular flexibility index (Phi) is 3.44. The Hall–Kier alpha value is -1.16. The van der Waals surface area contributed by atoms with E-state index in [4.69, 9.17) is 5.73 Å². The minimum Gasteiger partial charge on any atom is -0.324 e. The van der Waals surface area contributed by atoms with Crippen LogP contribution in [0.5, 0.6) is 0 Å². The molecule has 1 heterocycles. The highest BCUT2D eigenvalue weighted by Gasteiger charge is 2.06. The predicted molar refractivity (Wildman–Crippen MR) is 87.6 cm³/mol. The van der Waals surface area contributed by atoms with E-state index < -0.39 is 0 Å². The second-order valence-corrected chi connectivity index (χ2v) is 6.73. The first-order chi connectivity index (χ1) is 9.13. The first kappa shape index (κ1) is 12.9. The second kappa shape index (κ2) is 5.08. The highest BCUT2D eigenvalue weighted by Crippen LogP contribution is 2.32. The van der Waals surface area contributed by atoms with Crippen molar-refractivity contribution < 1.29 is 0 Å². The quantitative estimate of drug-likeness (QED) is 0.672. The fourth-order valence-corrected chi connectivity index (χ4v) is 3.46. The van der Waals surface area contributed by atoms with Crippen molar-refractivity contribution in [3.8, 4) is 10.4 Å². The van der Waals surface area contributed by atoms with Gasteiger partial charge in [0, 0.05) is 20.3 Å². The maximum atomic E-state index is 5.92. The minimum absolute atomic E-state index is 0.107. The highest BCUT2D eigenvalue weighted by atomic mass is 79.9. The standard InChI is InChI=1S/C16H14BrNS/c1-10(18)15-6-7-16(19-15)13-3-2-12-9-14(17)5-4-11(12)8-13/h2-10H,18H2,1H3. The Morgan fingerprint density at radius 2 is 1.74 bits per heavy atom. The molecule has 1 nitrogen and oxygen atoms in total. The van der Waals surface area contributed by atoms with Gasteiger partial charge in [-0.2, -0.15) is 0 Å². The third-order valence-corrected chi connectivity index (χ3v) is 4.99. The zero-order valence-electron chi connectivity index (χ0n) is 10.6.